The van der Waals surface area contributed by atoms with Crippen LogP contribution in [0.2, 0.25) is 5.02 Å². The number of carbonyl (C=O) groups excluding carboxylic acids is 2. The molecule has 0 saturated heterocycles. The lowest BCUT2D eigenvalue weighted by Gasteiger charge is -2.17. The molecule has 0 unspecified atom stereocenters. The average Bonchev–Trinajstić information content (AvgIpc) is 3.24. The van der Waals surface area contributed by atoms with E-state index >= 15 is 0 Å². The van der Waals surface area contributed by atoms with Gasteiger partial charge in [0.2, 0.25) is 0 Å². The molecule has 3 heterocycles. The molecule has 0 radical (unpaired) electrons. The summed E-state index contributed by atoms with van der Waals surface area (Å²) in [7, 11) is 0. The molecular weight excluding hydrogens is 464 g/mol. The second-order valence-corrected chi connectivity index (χ2v) is 10.1. The van der Waals surface area contributed by atoms with E-state index in [1.54, 1.807) is 35.0 Å². The molecule has 3 aromatic rings. The van der Waals surface area contributed by atoms with Crippen molar-refractivity contribution >= 4 is 34.7 Å². The van der Waals surface area contributed by atoms with E-state index in [1.807, 2.05) is 53.8 Å². The molecule has 0 spiro atoms. The molecule has 0 saturated carbocycles. The van der Waals surface area contributed by atoms with Crippen LogP contribution in [0.3, 0.4) is 0 Å². The Hall–Kier alpha value is -3.45. The van der Waals surface area contributed by atoms with Gasteiger partial charge in [-0.25, -0.2) is 4.68 Å². The number of aromatic nitrogens is 3. The fraction of sp³-hybridized carbons (Fsp3) is 0.333. The average molecular weight is 493 g/mol. The summed E-state index contributed by atoms with van der Waals surface area (Å²) in [5, 5.41) is 18.9. The maximum absolute atomic E-state index is 13.8. The van der Waals surface area contributed by atoms with Gasteiger partial charge >= 0.3 is 5.91 Å². The van der Waals surface area contributed by atoms with Crippen molar-refractivity contribution in [3.05, 3.63) is 70.1 Å². The number of nitrogens with zero attached hydrogens (tertiary/aromatic N) is 4. The lowest BCUT2D eigenvalue weighted by molar-refractivity contribution is -0.577. The fourth-order valence-electron chi connectivity index (χ4n) is 4.22. The van der Waals surface area contributed by atoms with Crippen molar-refractivity contribution in [2.24, 2.45) is 5.92 Å². The summed E-state index contributed by atoms with van der Waals surface area (Å²) in [6.07, 6.45) is 3.57. The minimum atomic E-state index is -0.478. The number of halogens is 1. The lowest BCUT2D eigenvalue weighted by Crippen LogP contribution is -2.41. The Bertz CT molecular complexity index is 1370. The number of benzene rings is 1. The highest BCUT2D eigenvalue weighted by Crippen LogP contribution is 2.39. The molecule has 2 aromatic heterocycles. The van der Waals surface area contributed by atoms with E-state index in [2.05, 4.69) is 5.10 Å². The second kappa shape index (κ2) is 9.30. The van der Waals surface area contributed by atoms with E-state index in [1.165, 1.54) is 9.58 Å². The van der Waals surface area contributed by atoms with E-state index in [9.17, 15) is 14.7 Å². The first-order chi connectivity index (χ1) is 16.5. The van der Waals surface area contributed by atoms with E-state index in [0.717, 1.165) is 11.1 Å². The van der Waals surface area contributed by atoms with Gasteiger partial charge < -0.3 is 5.11 Å². The number of rotatable bonds is 6. The number of hydrogen-bond acceptors (Lipinski definition) is 4. The fourth-order valence-corrected chi connectivity index (χ4v) is 4.40. The van der Waals surface area contributed by atoms with Crippen LogP contribution in [-0.4, -0.2) is 33.0 Å². The van der Waals surface area contributed by atoms with Crippen LogP contribution in [0.1, 0.15) is 56.0 Å². The third-order valence-corrected chi connectivity index (χ3v) is 6.34. The highest BCUT2D eigenvalue weighted by Gasteiger charge is 2.47. The first kappa shape index (κ1) is 24.7. The molecule has 0 bridgehead atoms. The van der Waals surface area contributed by atoms with E-state index in [-0.39, 0.29) is 35.2 Å². The summed E-state index contributed by atoms with van der Waals surface area (Å²) in [5.41, 5.74) is 3.38. The zero-order valence-electron chi connectivity index (χ0n) is 20.8. The van der Waals surface area contributed by atoms with Crippen LogP contribution in [0.4, 0.5) is 0 Å². The van der Waals surface area contributed by atoms with Crippen molar-refractivity contribution in [1.82, 2.24) is 14.7 Å². The summed E-state index contributed by atoms with van der Waals surface area (Å²) in [6, 6.07) is 8.71. The van der Waals surface area contributed by atoms with Gasteiger partial charge in [0.25, 0.3) is 11.6 Å². The predicted octanol–water partition coefficient (Wildman–Crippen LogP) is 4.02. The van der Waals surface area contributed by atoms with E-state index < -0.39 is 17.7 Å². The lowest BCUT2D eigenvalue weighted by atomic mass is 9.98. The molecular formula is C27H29ClN4O3. The Kier molecular flexibility index (Phi) is 6.56. The quantitative estimate of drug-likeness (QED) is 0.384. The SMILES string of the molecule is Cc1cc[n+](C2=C(c3c(C(C)C)nn(-c4cccc(Cl)c4)c3[O-])C(=O)N(CC(C)C)C2=O)cc1C. The molecule has 7 nitrogen and oxygen atoms in total. The zero-order chi connectivity index (χ0) is 25.6. The van der Waals surface area contributed by atoms with E-state index in [0.29, 0.717) is 16.4 Å². The molecule has 35 heavy (non-hydrogen) atoms. The molecule has 182 valence electrons. The molecule has 1 aromatic carbocycles. The molecule has 8 heteroatoms. The Morgan fingerprint density at radius 1 is 1.06 bits per heavy atom. The maximum atomic E-state index is 13.8. The van der Waals surface area contributed by atoms with Gasteiger partial charge in [0.15, 0.2) is 12.4 Å². The summed E-state index contributed by atoms with van der Waals surface area (Å²) in [5.74, 6) is -1.46. The van der Waals surface area contributed by atoms with Gasteiger partial charge in [0, 0.05) is 28.8 Å². The summed E-state index contributed by atoms with van der Waals surface area (Å²) in [6.45, 7) is 11.9. The normalized spacial score (nSPS) is 14.3. The number of hydrogen-bond donors (Lipinski definition) is 0. The topological polar surface area (TPSA) is 82.1 Å². The van der Waals surface area contributed by atoms with Crippen LogP contribution < -0.4 is 9.67 Å². The predicted molar refractivity (Wildman–Crippen MR) is 133 cm³/mol. The number of amides is 2. The van der Waals surface area contributed by atoms with Gasteiger partial charge in [-0.1, -0.05) is 45.4 Å². The summed E-state index contributed by atoms with van der Waals surface area (Å²) in [4.78, 5) is 28.6. The highest BCUT2D eigenvalue weighted by atomic mass is 35.5. The van der Waals surface area contributed by atoms with Crippen molar-refractivity contribution in [3.63, 3.8) is 0 Å². The summed E-state index contributed by atoms with van der Waals surface area (Å²) < 4.78 is 2.91. The second-order valence-electron chi connectivity index (χ2n) is 9.67. The van der Waals surface area contributed by atoms with Crippen molar-refractivity contribution in [2.45, 2.75) is 47.5 Å². The van der Waals surface area contributed by atoms with Crippen LogP contribution in [0.15, 0.2) is 42.7 Å². The minimum Gasteiger partial charge on any atom is -0.858 e. The smallest absolute Gasteiger partial charge is 0.326 e. The molecule has 0 fully saturated rings. The van der Waals surface area contributed by atoms with Crippen LogP contribution >= 0.6 is 11.6 Å². The van der Waals surface area contributed by atoms with Crippen LogP contribution in [0, 0.1) is 19.8 Å². The van der Waals surface area contributed by atoms with Crippen molar-refractivity contribution in [2.75, 3.05) is 6.54 Å². The first-order valence-corrected chi connectivity index (χ1v) is 12.0. The highest BCUT2D eigenvalue weighted by molar-refractivity contribution is 6.45. The van der Waals surface area contributed by atoms with Gasteiger partial charge in [-0.2, -0.15) is 9.67 Å². The number of carbonyl (C=O) groups is 2. The van der Waals surface area contributed by atoms with Gasteiger partial charge in [-0.3, -0.25) is 14.5 Å². The largest absolute Gasteiger partial charge is 0.858 e. The first-order valence-electron chi connectivity index (χ1n) is 11.7. The number of aryl methyl sites for hydroxylation is 2. The number of imide groups is 1. The summed E-state index contributed by atoms with van der Waals surface area (Å²) >= 11 is 6.16. The van der Waals surface area contributed by atoms with Crippen LogP contribution in [-0.2, 0) is 9.59 Å². The standard InChI is InChI=1S/C27H29ClN4O3/c1-15(2)13-31-25(33)22(24(27(31)35)30-11-10-17(5)18(6)14-30)21-23(16(3)4)29-32(26(21)34)20-9-7-8-19(28)12-20/h7-12,14-16H,13H2,1-6H3. The molecule has 1 aliphatic heterocycles. The Labute approximate surface area is 210 Å². The molecule has 0 N–H and O–H groups in total. The van der Waals surface area contributed by atoms with Crippen molar-refractivity contribution < 1.29 is 19.3 Å². The molecule has 4 rings (SSSR count). The Balaban J connectivity index is 2.03. The van der Waals surface area contributed by atoms with Crippen molar-refractivity contribution in [3.8, 4) is 11.6 Å². The molecule has 0 aliphatic carbocycles. The van der Waals surface area contributed by atoms with Crippen LogP contribution in [0.25, 0.3) is 17.0 Å². The van der Waals surface area contributed by atoms with Crippen LogP contribution in [0.5, 0.6) is 5.88 Å². The minimum absolute atomic E-state index is 0.0683. The van der Waals surface area contributed by atoms with Gasteiger partial charge in [0.1, 0.15) is 5.57 Å². The van der Waals surface area contributed by atoms with E-state index in [4.69, 9.17) is 11.6 Å². The Morgan fingerprint density at radius 3 is 2.37 bits per heavy atom. The molecule has 0 atom stereocenters. The maximum Gasteiger partial charge on any atom is 0.326 e. The molecule has 1 aliphatic rings. The zero-order valence-corrected chi connectivity index (χ0v) is 21.6. The monoisotopic (exact) mass is 492 g/mol. The number of pyridine rings is 1. The molecule has 2 amide bonds. The van der Waals surface area contributed by atoms with Gasteiger partial charge in [-0.15, -0.1) is 0 Å². The van der Waals surface area contributed by atoms with Gasteiger partial charge in [0.05, 0.1) is 11.4 Å². The third-order valence-electron chi connectivity index (χ3n) is 6.11. The Morgan fingerprint density at radius 2 is 1.77 bits per heavy atom. The third kappa shape index (κ3) is 4.36. The van der Waals surface area contributed by atoms with Gasteiger partial charge in [-0.05, 0) is 55.3 Å². The van der Waals surface area contributed by atoms with Crippen molar-refractivity contribution in [1.29, 1.82) is 0 Å².